The van der Waals surface area contributed by atoms with Crippen LogP contribution in [-0.2, 0) is 7.05 Å². The predicted octanol–water partition coefficient (Wildman–Crippen LogP) is 2.15. The van der Waals surface area contributed by atoms with Crippen LogP contribution in [0, 0.1) is 5.92 Å². The number of hydrazine groups is 1. The van der Waals surface area contributed by atoms with E-state index < -0.39 is 0 Å². The first-order chi connectivity index (χ1) is 9.69. The molecule has 1 aromatic heterocycles. The van der Waals surface area contributed by atoms with Gasteiger partial charge >= 0.3 is 0 Å². The first-order valence-corrected chi connectivity index (χ1v) is 7.04. The minimum Gasteiger partial charge on any atom is -0.271 e. The van der Waals surface area contributed by atoms with Crippen LogP contribution in [0.5, 0.6) is 0 Å². The maximum atomic E-state index is 5.84. The Labute approximate surface area is 120 Å². The zero-order valence-corrected chi connectivity index (χ0v) is 12.3. The van der Waals surface area contributed by atoms with Crippen LogP contribution in [0.1, 0.15) is 43.5 Å². The quantitative estimate of drug-likeness (QED) is 0.625. The molecule has 3 atom stereocenters. The molecule has 2 aromatic rings. The highest BCUT2D eigenvalue weighted by Crippen LogP contribution is 2.37. The third-order valence-electron chi connectivity index (χ3n) is 4.05. The first kappa shape index (κ1) is 14.7. The molecule has 0 bridgehead atoms. The molecule has 0 aliphatic heterocycles. The molecule has 0 radical (unpaired) electrons. The maximum absolute atomic E-state index is 5.84. The molecule has 0 saturated carbocycles. The highest BCUT2D eigenvalue weighted by molar-refractivity contribution is 5.25. The number of nitrogens with one attached hydrogen (secondary N) is 1. The number of rotatable bonds is 6. The molecule has 2 rings (SSSR count). The van der Waals surface area contributed by atoms with Crippen molar-refractivity contribution >= 4 is 0 Å². The van der Waals surface area contributed by atoms with Gasteiger partial charge in [-0.25, -0.2) is 0 Å². The van der Waals surface area contributed by atoms with Gasteiger partial charge in [0.25, 0.3) is 0 Å². The van der Waals surface area contributed by atoms with Gasteiger partial charge in [-0.2, -0.15) is 0 Å². The van der Waals surface area contributed by atoms with E-state index in [1.807, 2.05) is 13.1 Å². The van der Waals surface area contributed by atoms with Crippen LogP contribution >= 0.6 is 0 Å². The Balaban J connectivity index is 2.42. The molecule has 0 aliphatic carbocycles. The number of nitrogens with zero attached hydrogens (tertiary/aromatic N) is 3. The molecule has 1 aromatic carbocycles. The molecular weight excluding hydrogens is 250 g/mol. The number of benzene rings is 1. The van der Waals surface area contributed by atoms with Gasteiger partial charge in [-0.05, 0) is 11.5 Å². The minimum absolute atomic E-state index is 0.00708. The lowest BCUT2D eigenvalue weighted by molar-refractivity contribution is 0.331. The van der Waals surface area contributed by atoms with Crippen molar-refractivity contribution < 1.29 is 0 Å². The molecule has 3 N–H and O–H groups in total. The Morgan fingerprint density at radius 3 is 2.50 bits per heavy atom. The van der Waals surface area contributed by atoms with Gasteiger partial charge in [0.15, 0.2) is 0 Å². The standard InChI is InChI=1S/C15H23N5/c1-4-11(2)14(12-8-6-5-7-9-12)15(18-16)13-10-17-19-20(13)3/h5-11,14-15,18H,4,16H2,1-3H3. The van der Waals surface area contributed by atoms with Crippen molar-refractivity contribution in [3.63, 3.8) is 0 Å². The molecule has 108 valence electrons. The van der Waals surface area contributed by atoms with Crippen LogP contribution in [0.2, 0.25) is 0 Å². The van der Waals surface area contributed by atoms with Crippen molar-refractivity contribution in [2.75, 3.05) is 0 Å². The molecule has 0 amide bonds. The van der Waals surface area contributed by atoms with E-state index in [1.54, 1.807) is 10.9 Å². The van der Waals surface area contributed by atoms with Crippen LogP contribution in [0.3, 0.4) is 0 Å². The Hall–Kier alpha value is -1.72. The van der Waals surface area contributed by atoms with Gasteiger partial charge in [-0.3, -0.25) is 16.0 Å². The van der Waals surface area contributed by atoms with Gasteiger partial charge in [0.2, 0.25) is 0 Å². The number of hydrogen-bond acceptors (Lipinski definition) is 4. The summed E-state index contributed by atoms with van der Waals surface area (Å²) in [7, 11) is 1.89. The lowest BCUT2D eigenvalue weighted by Crippen LogP contribution is -2.36. The number of aromatic nitrogens is 3. The molecular formula is C15H23N5. The number of nitrogens with two attached hydrogens (primary N) is 1. The lowest BCUT2D eigenvalue weighted by Gasteiger charge is -2.31. The second-order valence-corrected chi connectivity index (χ2v) is 5.25. The number of aryl methyl sites for hydroxylation is 1. The summed E-state index contributed by atoms with van der Waals surface area (Å²) in [5.41, 5.74) is 5.24. The predicted molar refractivity (Wildman–Crippen MR) is 79.7 cm³/mol. The van der Waals surface area contributed by atoms with Crippen molar-refractivity contribution in [2.24, 2.45) is 18.8 Å². The van der Waals surface area contributed by atoms with Gasteiger partial charge in [0, 0.05) is 13.0 Å². The Bertz CT molecular complexity index is 522. The lowest BCUT2D eigenvalue weighted by atomic mass is 9.79. The molecule has 0 aliphatic rings. The molecule has 0 spiro atoms. The minimum atomic E-state index is -0.00708. The van der Waals surface area contributed by atoms with Crippen LogP contribution < -0.4 is 11.3 Å². The highest BCUT2D eigenvalue weighted by Gasteiger charge is 2.30. The molecule has 5 nitrogen and oxygen atoms in total. The summed E-state index contributed by atoms with van der Waals surface area (Å²) in [6.45, 7) is 4.46. The third-order valence-corrected chi connectivity index (χ3v) is 4.05. The molecule has 20 heavy (non-hydrogen) atoms. The fourth-order valence-corrected chi connectivity index (χ4v) is 2.73. The summed E-state index contributed by atoms with van der Waals surface area (Å²) in [6.07, 6.45) is 2.87. The van der Waals surface area contributed by atoms with E-state index >= 15 is 0 Å². The Morgan fingerprint density at radius 2 is 2.00 bits per heavy atom. The summed E-state index contributed by atoms with van der Waals surface area (Å²) < 4.78 is 1.78. The van der Waals surface area contributed by atoms with Crippen molar-refractivity contribution in [1.29, 1.82) is 0 Å². The van der Waals surface area contributed by atoms with E-state index in [2.05, 4.69) is 53.9 Å². The Morgan fingerprint density at radius 1 is 1.30 bits per heavy atom. The monoisotopic (exact) mass is 273 g/mol. The average molecular weight is 273 g/mol. The van der Waals surface area contributed by atoms with Crippen LogP contribution in [-0.4, -0.2) is 15.0 Å². The van der Waals surface area contributed by atoms with Crippen LogP contribution in [0.4, 0.5) is 0 Å². The van der Waals surface area contributed by atoms with E-state index in [0.29, 0.717) is 5.92 Å². The fraction of sp³-hybridized carbons (Fsp3) is 0.467. The van der Waals surface area contributed by atoms with E-state index in [-0.39, 0.29) is 12.0 Å². The maximum Gasteiger partial charge on any atom is 0.0773 e. The summed E-state index contributed by atoms with van der Waals surface area (Å²) in [4.78, 5) is 0. The zero-order chi connectivity index (χ0) is 14.5. The van der Waals surface area contributed by atoms with E-state index in [0.717, 1.165) is 12.1 Å². The van der Waals surface area contributed by atoms with Gasteiger partial charge in [0.1, 0.15) is 0 Å². The average Bonchev–Trinajstić information content (AvgIpc) is 2.90. The third kappa shape index (κ3) is 2.89. The van der Waals surface area contributed by atoms with Crippen molar-refractivity contribution in [3.8, 4) is 0 Å². The number of hydrogen-bond donors (Lipinski definition) is 2. The topological polar surface area (TPSA) is 68.8 Å². The van der Waals surface area contributed by atoms with Crippen molar-refractivity contribution in [2.45, 2.75) is 32.2 Å². The SMILES string of the molecule is CCC(C)C(c1ccccc1)C(NN)c1cnnn1C. The van der Waals surface area contributed by atoms with Crippen molar-refractivity contribution in [1.82, 2.24) is 20.4 Å². The summed E-state index contributed by atoms with van der Waals surface area (Å²) >= 11 is 0. The fourth-order valence-electron chi connectivity index (χ4n) is 2.73. The van der Waals surface area contributed by atoms with Gasteiger partial charge in [-0.1, -0.05) is 55.8 Å². The second kappa shape index (κ2) is 6.63. The van der Waals surface area contributed by atoms with Crippen LogP contribution in [0.15, 0.2) is 36.5 Å². The van der Waals surface area contributed by atoms with Gasteiger partial charge in [-0.15, -0.1) is 5.10 Å². The molecule has 0 saturated heterocycles. The zero-order valence-electron chi connectivity index (χ0n) is 12.3. The van der Waals surface area contributed by atoms with E-state index in [1.165, 1.54) is 5.56 Å². The summed E-state index contributed by atoms with van der Waals surface area (Å²) in [5, 5.41) is 7.99. The van der Waals surface area contributed by atoms with Gasteiger partial charge in [0.05, 0.1) is 17.9 Å². The molecule has 0 fully saturated rings. The summed E-state index contributed by atoms with van der Waals surface area (Å²) in [5.74, 6) is 6.62. The smallest absolute Gasteiger partial charge is 0.0773 e. The van der Waals surface area contributed by atoms with Gasteiger partial charge < -0.3 is 0 Å². The van der Waals surface area contributed by atoms with Crippen LogP contribution in [0.25, 0.3) is 0 Å². The van der Waals surface area contributed by atoms with E-state index in [4.69, 9.17) is 5.84 Å². The molecule has 5 heteroatoms. The molecule has 1 heterocycles. The normalized spacial score (nSPS) is 15.8. The molecule has 3 unspecified atom stereocenters. The van der Waals surface area contributed by atoms with Crippen molar-refractivity contribution in [3.05, 3.63) is 47.8 Å². The first-order valence-electron chi connectivity index (χ1n) is 7.04. The highest BCUT2D eigenvalue weighted by atomic mass is 15.4. The largest absolute Gasteiger partial charge is 0.271 e. The van der Waals surface area contributed by atoms with E-state index in [9.17, 15) is 0 Å². The summed E-state index contributed by atoms with van der Waals surface area (Å²) in [6, 6.07) is 10.5. The Kier molecular flexibility index (Phi) is 4.87. The second-order valence-electron chi connectivity index (χ2n) is 5.25.